The van der Waals surface area contributed by atoms with Gasteiger partial charge in [-0.05, 0) is 60.1 Å². The van der Waals surface area contributed by atoms with E-state index in [0.29, 0.717) is 27.9 Å². The number of carboxylic acid groups (broad SMARTS) is 1. The van der Waals surface area contributed by atoms with E-state index in [9.17, 15) is 29.1 Å². The molecule has 43 heavy (non-hydrogen) atoms. The Bertz CT molecular complexity index is 1740. The molecule has 2 aliphatic carbocycles. The number of ether oxygens (including phenoxy) is 1. The number of amides is 3. The number of imide groups is 1. The van der Waals surface area contributed by atoms with Crippen molar-refractivity contribution in [3.05, 3.63) is 72.6 Å². The molecule has 3 aromatic rings. The van der Waals surface area contributed by atoms with Crippen LogP contribution in [-0.4, -0.2) is 57.1 Å². The number of likely N-dealkylation sites (tertiary alicyclic amines) is 1. The maximum absolute atomic E-state index is 13.3. The molecule has 1 aromatic heterocycles. The first-order chi connectivity index (χ1) is 20.6. The number of rotatable bonds is 7. The third kappa shape index (κ3) is 4.75. The molecular weight excluding hydrogens is 637 g/mol. The number of thiazole rings is 1. The van der Waals surface area contributed by atoms with Crippen molar-refractivity contribution in [3.8, 4) is 5.75 Å². The average molecular weight is 661 g/mol. The van der Waals surface area contributed by atoms with Crippen molar-refractivity contribution in [3.63, 3.8) is 0 Å². The second-order valence-corrected chi connectivity index (χ2v) is 14.2. The van der Waals surface area contributed by atoms with Gasteiger partial charge in [0.1, 0.15) is 12.3 Å². The lowest BCUT2D eigenvalue weighted by atomic mass is 9.68. The van der Waals surface area contributed by atoms with Gasteiger partial charge in [0, 0.05) is 21.7 Å². The van der Waals surface area contributed by atoms with Gasteiger partial charge < -0.3 is 20.1 Å². The highest BCUT2D eigenvalue weighted by Gasteiger charge is 2.69. The Balaban J connectivity index is 1.12. The summed E-state index contributed by atoms with van der Waals surface area (Å²) < 4.78 is 5.71. The Hall–Kier alpha value is -3.32. The van der Waals surface area contributed by atoms with Crippen LogP contribution in [0, 0.1) is 29.6 Å². The van der Waals surface area contributed by atoms with Crippen LogP contribution < -0.4 is 14.9 Å². The van der Waals surface area contributed by atoms with Crippen molar-refractivity contribution in [1.29, 1.82) is 0 Å². The fourth-order valence-electron chi connectivity index (χ4n) is 7.43. The van der Waals surface area contributed by atoms with Gasteiger partial charge in [0.05, 0.1) is 26.9 Å². The Morgan fingerprint density at radius 2 is 1.74 bits per heavy atom. The predicted molar refractivity (Wildman–Crippen MR) is 160 cm³/mol. The van der Waals surface area contributed by atoms with Crippen LogP contribution in [0.25, 0.3) is 0 Å². The molecule has 7 rings (SSSR count). The zero-order valence-electron chi connectivity index (χ0n) is 22.1. The summed E-state index contributed by atoms with van der Waals surface area (Å²) in [5, 5.41) is 13.5. The van der Waals surface area contributed by atoms with Crippen molar-refractivity contribution < 1.29 is 29.0 Å². The lowest BCUT2D eigenvalue weighted by molar-refractivity contribution is -0.149. The molecule has 2 saturated carbocycles. The molecule has 3 heterocycles. The third-order valence-electron chi connectivity index (χ3n) is 8.92. The summed E-state index contributed by atoms with van der Waals surface area (Å²) in [6, 6.07) is 12.1. The number of hydrogen-bond donors (Lipinski definition) is 3. The molecular formula is C29H23Cl2N3O7S2. The zero-order chi connectivity index (χ0) is 30.2. The number of nitrogens with zero attached hydrogens (tertiary/aromatic N) is 1. The number of fused-ring (bicyclic) bond motifs is 9. The maximum atomic E-state index is 13.3. The first kappa shape index (κ1) is 28.5. The number of aliphatic carboxylic acids is 1. The molecule has 0 spiro atoms. The number of carboxylic acids is 1. The van der Waals surface area contributed by atoms with Gasteiger partial charge in [0.2, 0.25) is 11.8 Å². The number of benzene rings is 2. The molecule has 7 atom stereocenters. The lowest BCUT2D eigenvalue weighted by Crippen LogP contribution is -2.42. The molecule has 3 N–H and O–H groups in total. The van der Waals surface area contributed by atoms with E-state index in [1.54, 1.807) is 42.1 Å². The van der Waals surface area contributed by atoms with Crippen molar-refractivity contribution in [2.75, 3.05) is 18.5 Å². The number of hydrogen-bond acceptors (Lipinski definition) is 8. The van der Waals surface area contributed by atoms with Gasteiger partial charge in [-0.25, -0.2) is 0 Å². The second kappa shape index (κ2) is 10.7. The highest BCUT2D eigenvalue weighted by atomic mass is 35.5. The number of nitrogens with one attached hydrogen (secondary N) is 2. The van der Waals surface area contributed by atoms with Gasteiger partial charge in [-0.2, -0.15) is 0 Å². The number of aromatic amines is 1. The summed E-state index contributed by atoms with van der Waals surface area (Å²) in [7, 11) is 0. The minimum Gasteiger partial charge on any atom is -0.484 e. The summed E-state index contributed by atoms with van der Waals surface area (Å²) in [5.74, 6) is -3.38. The minimum atomic E-state index is -1.22. The summed E-state index contributed by atoms with van der Waals surface area (Å²) in [6.07, 6.45) is 0.709. The first-order valence-electron chi connectivity index (χ1n) is 13.5. The van der Waals surface area contributed by atoms with Crippen LogP contribution in [0.1, 0.15) is 22.8 Å². The summed E-state index contributed by atoms with van der Waals surface area (Å²) >= 11 is 14.7. The number of H-pyrrole nitrogens is 1. The Morgan fingerprint density at radius 1 is 1.02 bits per heavy atom. The fraction of sp³-hybridized carbons (Fsp3) is 0.345. The number of anilines is 1. The van der Waals surface area contributed by atoms with Gasteiger partial charge in [0.25, 0.3) is 5.91 Å². The van der Waals surface area contributed by atoms with Crippen LogP contribution in [0.15, 0.2) is 52.3 Å². The van der Waals surface area contributed by atoms with Gasteiger partial charge >= 0.3 is 10.8 Å². The second-order valence-electron chi connectivity index (χ2n) is 11.2. The topological polar surface area (TPSA) is 146 Å². The van der Waals surface area contributed by atoms with Crippen LogP contribution in [0.2, 0.25) is 10.0 Å². The molecule has 3 fully saturated rings. The zero-order valence-corrected chi connectivity index (χ0v) is 25.3. The molecule has 2 aliphatic heterocycles. The number of thioether (sulfide) groups is 1. The molecule has 4 aliphatic rings. The number of carbonyl (C=O) groups excluding carboxylic acids is 3. The molecule has 6 unspecified atom stereocenters. The third-order valence-corrected chi connectivity index (χ3v) is 12.2. The Kier molecular flexibility index (Phi) is 7.07. The Morgan fingerprint density at radius 3 is 2.44 bits per heavy atom. The first-order valence-corrected chi connectivity index (χ1v) is 16.0. The smallest absolute Gasteiger partial charge is 0.323 e. The van der Waals surface area contributed by atoms with Gasteiger partial charge in [-0.1, -0.05) is 46.7 Å². The number of aromatic nitrogens is 1. The van der Waals surface area contributed by atoms with E-state index in [4.69, 9.17) is 27.9 Å². The van der Waals surface area contributed by atoms with Gasteiger partial charge in [0.15, 0.2) is 6.61 Å². The van der Waals surface area contributed by atoms with Crippen LogP contribution in [0.5, 0.6) is 5.75 Å². The monoisotopic (exact) mass is 659 g/mol. The largest absolute Gasteiger partial charge is 0.484 e. The maximum Gasteiger partial charge on any atom is 0.323 e. The molecule has 1 saturated heterocycles. The quantitative estimate of drug-likeness (QED) is 0.318. The van der Waals surface area contributed by atoms with E-state index in [-0.39, 0.29) is 46.3 Å². The molecule has 2 bridgehead atoms. The van der Waals surface area contributed by atoms with E-state index in [1.165, 1.54) is 0 Å². The highest BCUT2D eigenvalue weighted by molar-refractivity contribution is 8.00. The number of halogens is 2. The lowest BCUT2D eigenvalue weighted by Gasteiger charge is -2.43. The van der Waals surface area contributed by atoms with E-state index in [0.717, 1.165) is 31.7 Å². The normalized spacial score (nSPS) is 28.4. The van der Waals surface area contributed by atoms with Crippen LogP contribution in [0.4, 0.5) is 5.69 Å². The van der Waals surface area contributed by atoms with E-state index in [2.05, 4.69) is 10.3 Å². The minimum absolute atomic E-state index is 0.00322. The molecule has 3 amide bonds. The van der Waals surface area contributed by atoms with Crippen LogP contribution >= 0.6 is 46.3 Å². The van der Waals surface area contributed by atoms with Crippen LogP contribution in [0.3, 0.4) is 0 Å². The molecule has 10 nitrogen and oxygen atoms in total. The van der Waals surface area contributed by atoms with Crippen molar-refractivity contribution in [1.82, 2.24) is 9.88 Å². The summed E-state index contributed by atoms with van der Waals surface area (Å²) in [4.78, 5) is 67.4. The molecule has 0 radical (unpaired) electrons. The highest BCUT2D eigenvalue weighted by Crippen LogP contribution is 2.68. The summed E-state index contributed by atoms with van der Waals surface area (Å²) in [6.45, 7) is -0.854. The predicted octanol–water partition coefficient (Wildman–Crippen LogP) is 4.32. The van der Waals surface area contributed by atoms with E-state index >= 15 is 0 Å². The van der Waals surface area contributed by atoms with Crippen molar-refractivity contribution >= 4 is 75.7 Å². The fourth-order valence-corrected chi connectivity index (χ4v) is 10.6. The molecule has 14 heteroatoms. The van der Waals surface area contributed by atoms with Gasteiger partial charge in [-0.15, -0.1) is 11.8 Å². The summed E-state index contributed by atoms with van der Waals surface area (Å²) in [5.41, 5.74) is 1.42. The molecule has 2 aromatic carbocycles. The standard InChI is InChI=1S/C29H23Cl2N3O7S2/c30-16-6-3-12(7-17(16)31)32-18(35)10-41-13-4-1-11(2-5-13)20-21-14-8-15(24(21)42-26-25(20)43-29(40)33-26)23-22(14)27(38)34(28(23)39)9-19(36)37/h1-7,14-15,20-24H,8-10H2,(H,32,35)(H,33,40)(H,36,37)/t14?,15?,20-,21?,22?,23?,24?/m1/s1. The SMILES string of the molecule is O=C(O)CN1C(=O)C2C3CC(C2C1=O)C1C3Sc2[nH]c(=O)sc2[C@@H]1c1ccc(OCC(=O)Nc2ccc(Cl)c(Cl)c2)cc1. The van der Waals surface area contributed by atoms with Gasteiger partial charge in [-0.3, -0.25) is 28.9 Å². The van der Waals surface area contributed by atoms with E-state index in [1.807, 2.05) is 12.1 Å². The van der Waals surface area contributed by atoms with Crippen molar-refractivity contribution in [2.24, 2.45) is 29.6 Å². The number of carbonyl (C=O) groups is 4. The van der Waals surface area contributed by atoms with Crippen molar-refractivity contribution in [2.45, 2.75) is 22.6 Å². The van der Waals surface area contributed by atoms with E-state index < -0.39 is 36.2 Å². The average Bonchev–Trinajstić information content (AvgIpc) is 3.70. The van der Waals surface area contributed by atoms with Crippen LogP contribution in [-0.2, 0) is 19.2 Å². The molecule has 222 valence electrons. The Labute approximate surface area is 262 Å².